The fourth-order valence-electron chi connectivity index (χ4n) is 3.27. The summed E-state index contributed by atoms with van der Waals surface area (Å²) < 4.78 is 14.3. The molecule has 0 heterocycles. The maximum atomic E-state index is 14.3. The van der Waals surface area contributed by atoms with E-state index in [1.165, 1.54) is 25.7 Å². The monoisotopic (exact) mass is 277 g/mol. The van der Waals surface area contributed by atoms with Crippen LogP contribution in [0, 0.1) is 5.82 Å². The number of rotatable bonds is 3. The second kappa shape index (κ2) is 6.26. The highest BCUT2D eigenvalue weighted by atomic mass is 19.1. The second-order valence-electron chi connectivity index (χ2n) is 7.28. The molecular weight excluding hydrogens is 249 g/mol. The van der Waals surface area contributed by atoms with Crippen LogP contribution in [0.3, 0.4) is 0 Å². The van der Waals surface area contributed by atoms with Crippen LogP contribution in [0.25, 0.3) is 0 Å². The zero-order valence-corrected chi connectivity index (χ0v) is 13.1. The normalized spacial score (nSPS) is 19.6. The molecule has 0 radical (unpaired) electrons. The van der Waals surface area contributed by atoms with Crippen molar-refractivity contribution in [1.82, 2.24) is 5.32 Å². The average molecular weight is 277 g/mol. The van der Waals surface area contributed by atoms with Gasteiger partial charge in [-0.3, -0.25) is 0 Å². The van der Waals surface area contributed by atoms with Crippen LogP contribution in [-0.4, -0.2) is 12.1 Å². The lowest BCUT2D eigenvalue weighted by Crippen LogP contribution is -2.46. The van der Waals surface area contributed by atoms with Crippen molar-refractivity contribution in [3.63, 3.8) is 0 Å². The zero-order chi connectivity index (χ0) is 14.6. The molecule has 1 aromatic carbocycles. The largest absolute Gasteiger partial charge is 0.311 e. The number of halogens is 1. The minimum absolute atomic E-state index is 0.0326. The average Bonchev–Trinajstić information content (AvgIpc) is 2.63. The van der Waals surface area contributed by atoms with Gasteiger partial charge in [-0.15, -0.1) is 0 Å². The minimum Gasteiger partial charge on any atom is -0.311 e. The number of benzene rings is 1. The summed E-state index contributed by atoms with van der Waals surface area (Å²) in [6, 6.07) is 7.37. The van der Waals surface area contributed by atoms with E-state index >= 15 is 0 Å². The predicted molar refractivity (Wildman–Crippen MR) is 83.5 cm³/mol. The fourth-order valence-corrected chi connectivity index (χ4v) is 3.27. The Morgan fingerprint density at radius 1 is 1.05 bits per heavy atom. The summed E-state index contributed by atoms with van der Waals surface area (Å²) in [5.74, 6) is -0.0369. The molecule has 1 saturated carbocycles. The molecule has 2 heteroatoms. The topological polar surface area (TPSA) is 12.0 Å². The van der Waals surface area contributed by atoms with Crippen LogP contribution in [0.4, 0.5) is 4.39 Å². The Morgan fingerprint density at radius 3 is 2.20 bits per heavy atom. The molecule has 0 unspecified atom stereocenters. The summed E-state index contributed by atoms with van der Waals surface area (Å²) >= 11 is 0. The van der Waals surface area contributed by atoms with E-state index in [1.807, 2.05) is 12.1 Å². The van der Waals surface area contributed by atoms with Crippen LogP contribution in [0.15, 0.2) is 24.3 Å². The van der Waals surface area contributed by atoms with Gasteiger partial charge >= 0.3 is 0 Å². The Balaban J connectivity index is 2.30. The summed E-state index contributed by atoms with van der Waals surface area (Å²) in [7, 11) is 0. The quantitative estimate of drug-likeness (QED) is 0.782. The van der Waals surface area contributed by atoms with Gasteiger partial charge in [0.15, 0.2) is 0 Å². The van der Waals surface area contributed by atoms with Crippen molar-refractivity contribution in [3.8, 4) is 0 Å². The third-order valence-electron chi connectivity index (χ3n) is 4.46. The van der Waals surface area contributed by atoms with Gasteiger partial charge < -0.3 is 5.32 Å². The molecular formula is C18H28FN. The Morgan fingerprint density at radius 2 is 1.65 bits per heavy atom. The van der Waals surface area contributed by atoms with Crippen molar-refractivity contribution >= 4 is 0 Å². The molecule has 1 aliphatic rings. The predicted octanol–water partition coefficient (Wildman–Crippen LogP) is 4.81. The molecule has 0 amide bonds. The van der Waals surface area contributed by atoms with E-state index in [4.69, 9.17) is 0 Å². The Bertz CT molecular complexity index is 425. The molecule has 1 fully saturated rings. The van der Waals surface area contributed by atoms with Gasteiger partial charge in [0.05, 0.1) is 0 Å². The van der Waals surface area contributed by atoms with Crippen molar-refractivity contribution in [3.05, 3.63) is 35.6 Å². The van der Waals surface area contributed by atoms with E-state index in [-0.39, 0.29) is 16.8 Å². The summed E-state index contributed by atoms with van der Waals surface area (Å²) in [6.07, 6.45) is 7.17. The molecule has 1 aromatic rings. The molecule has 0 bridgehead atoms. The fraction of sp³-hybridized carbons (Fsp3) is 0.667. The van der Waals surface area contributed by atoms with Crippen LogP contribution in [-0.2, 0) is 5.41 Å². The maximum absolute atomic E-state index is 14.3. The molecule has 0 aliphatic heterocycles. The summed E-state index contributed by atoms with van der Waals surface area (Å²) in [6.45, 7) is 7.41. The molecule has 2 rings (SSSR count). The van der Waals surface area contributed by atoms with Crippen molar-refractivity contribution in [1.29, 1.82) is 0 Å². The molecule has 0 saturated heterocycles. The smallest absolute Gasteiger partial charge is 0.127 e. The van der Waals surface area contributed by atoms with Gasteiger partial charge in [-0.25, -0.2) is 4.39 Å². The first-order valence-electron chi connectivity index (χ1n) is 7.93. The first-order valence-corrected chi connectivity index (χ1v) is 7.93. The third kappa shape index (κ3) is 3.82. The minimum atomic E-state index is -0.0369. The van der Waals surface area contributed by atoms with Gasteiger partial charge in [-0.2, -0.15) is 0 Å². The van der Waals surface area contributed by atoms with E-state index < -0.39 is 0 Å². The van der Waals surface area contributed by atoms with Gasteiger partial charge in [-0.05, 0) is 45.2 Å². The molecule has 20 heavy (non-hydrogen) atoms. The summed E-state index contributed by atoms with van der Waals surface area (Å²) in [5, 5.41) is 3.62. The van der Waals surface area contributed by atoms with Crippen molar-refractivity contribution < 1.29 is 4.39 Å². The van der Waals surface area contributed by atoms with Crippen LogP contribution < -0.4 is 5.32 Å². The highest BCUT2D eigenvalue weighted by Gasteiger charge is 2.35. The van der Waals surface area contributed by atoms with Gasteiger partial charge in [0, 0.05) is 17.5 Å². The van der Waals surface area contributed by atoms with E-state index in [0.717, 1.165) is 24.9 Å². The van der Waals surface area contributed by atoms with E-state index in [1.54, 1.807) is 12.1 Å². The third-order valence-corrected chi connectivity index (χ3v) is 4.46. The van der Waals surface area contributed by atoms with Crippen LogP contribution in [0.5, 0.6) is 0 Å². The van der Waals surface area contributed by atoms with Crippen molar-refractivity contribution in [2.75, 3.05) is 6.54 Å². The second-order valence-corrected chi connectivity index (χ2v) is 7.28. The Hall–Kier alpha value is -0.890. The summed E-state index contributed by atoms with van der Waals surface area (Å²) in [5.41, 5.74) is 0.957. The molecule has 1 nitrogen and oxygen atoms in total. The zero-order valence-electron chi connectivity index (χ0n) is 13.1. The molecule has 0 aromatic heterocycles. The lowest BCUT2D eigenvalue weighted by atomic mass is 9.73. The first-order chi connectivity index (χ1) is 9.43. The lowest BCUT2D eigenvalue weighted by Gasteiger charge is -2.37. The summed E-state index contributed by atoms with van der Waals surface area (Å²) in [4.78, 5) is 0. The molecule has 0 spiro atoms. The van der Waals surface area contributed by atoms with Gasteiger partial charge in [0.25, 0.3) is 0 Å². The number of hydrogen-bond donors (Lipinski definition) is 1. The van der Waals surface area contributed by atoms with Gasteiger partial charge in [0.1, 0.15) is 5.82 Å². The SMILES string of the molecule is CC(C)(C)NCC1(c2ccccc2F)CCCCCC1. The van der Waals surface area contributed by atoms with Crippen LogP contribution in [0.1, 0.15) is 64.9 Å². The molecule has 1 aliphatic carbocycles. The van der Waals surface area contributed by atoms with Crippen LogP contribution in [0.2, 0.25) is 0 Å². The number of hydrogen-bond acceptors (Lipinski definition) is 1. The molecule has 112 valence electrons. The van der Waals surface area contributed by atoms with Crippen molar-refractivity contribution in [2.24, 2.45) is 0 Å². The Labute approximate surface area is 123 Å². The van der Waals surface area contributed by atoms with E-state index in [9.17, 15) is 4.39 Å². The van der Waals surface area contributed by atoms with Gasteiger partial charge in [-0.1, -0.05) is 43.9 Å². The number of nitrogens with one attached hydrogen (secondary N) is 1. The highest BCUT2D eigenvalue weighted by molar-refractivity contribution is 5.28. The first kappa shape index (κ1) is 15.5. The standard InChI is InChI=1S/C18H28FN/c1-17(2,3)20-14-18(12-8-4-5-9-13-18)15-10-6-7-11-16(15)19/h6-7,10-11,20H,4-5,8-9,12-14H2,1-3H3. The van der Waals surface area contributed by atoms with E-state index in [0.29, 0.717) is 0 Å². The van der Waals surface area contributed by atoms with Gasteiger partial charge in [0.2, 0.25) is 0 Å². The maximum Gasteiger partial charge on any atom is 0.127 e. The van der Waals surface area contributed by atoms with Crippen LogP contribution >= 0.6 is 0 Å². The van der Waals surface area contributed by atoms with Crippen molar-refractivity contribution in [2.45, 2.75) is 70.3 Å². The Kier molecular flexibility index (Phi) is 4.85. The highest BCUT2D eigenvalue weighted by Crippen LogP contribution is 2.39. The van der Waals surface area contributed by atoms with E-state index in [2.05, 4.69) is 26.1 Å². The molecule has 0 atom stereocenters. The lowest BCUT2D eigenvalue weighted by molar-refractivity contribution is 0.292. The molecule has 1 N–H and O–H groups in total.